The van der Waals surface area contributed by atoms with E-state index in [0.29, 0.717) is 29.1 Å². The number of anilines is 2. The van der Waals surface area contributed by atoms with Gasteiger partial charge >= 0.3 is 5.97 Å². The van der Waals surface area contributed by atoms with Crippen molar-refractivity contribution in [3.8, 4) is 11.5 Å². The van der Waals surface area contributed by atoms with Crippen LogP contribution in [0.25, 0.3) is 11.1 Å². The van der Waals surface area contributed by atoms with Crippen LogP contribution in [0.1, 0.15) is 23.3 Å². The van der Waals surface area contributed by atoms with Gasteiger partial charge in [-0.25, -0.2) is 9.78 Å². The Hall–Kier alpha value is -4.07. The molecule has 1 aliphatic heterocycles. The molecule has 4 aromatic rings. The zero-order valence-electron chi connectivity index (χ0n) is 17.3. The second kappa shape index (κ2) is 8.58. The summed E-state index contributed by atoms with van der Waals surface area (Å²) in [5.74, 6) is -0.190. The molecule has 32 heavy (non-hydrogen) atoms. The van der Waals surface area contributed by atoms with E-state index in [4.69, 9.17) is 14.3 Å². The number of aromatic nitrogens is 2. The second-order valence-corrected chi connectivity index (χ2v) is 7.67. The number of rotatable bonds is 6. The van der Waals surface area contributed by atoms with Crippen molar-refractivity contribution in [3.05, 3.63) is 72.6 Å². The lowest BCUT2D eigenvalue weighted by atomic mass is 10.0. The number of carboxylic acids is 1. The van der Waals surface area contributed by atoms with Gasteiger partial charge in [0.05, 0.1) is 0 Å². The van der Waals surface area contributed by atoms with Crippen LogP contribution in [0.5, 0.6) is 11.5 Å². The summed E-state index contributed by atoms with van der Waals surface area (Å²) < 4.78 is 11.7. The van der Waals surface area contributed by atoms with Gasteiger partial charge in [-0.1, -0.05) is 18.2 Å². The minimum Gasteiger partial charge on any atom is -0.477 e. The highest BCUT2D eigenvalue weighted by atomic mass is 16.5. The number of carboxylic acid groups (broad SMARTS) is 1. The molecule has 0 atom stereocenters. The van der Waals surface area contributed by atoms with Gasteiger partial charge in [0.2, 0.25) is 0 Å². The highest BCUT2D eigenvalue weighted by Gasteiger charge is 2.21. The summed E-state index contributed by atoms with van der Waals surface area (Å²) in [5.41, 5.74) is 2.50. The summed E-state index contributed by atoms with van der Waals surface area (Å²) in [6, 6.07) is 19.5. The van der Waals surface area contributed by atoms with Crippen LogP contribution in [0, 0.1) is 0 Å². The van der Waals surface area contributed by atoms with E-state index in [-0.39, 0.29) is 5.69 Å². The third kappa shape index (κ3) is 4.34. The quantitative estimate of drug-likeness (QED) is 0.450. The molecule has 3 heterocycles. The smallest absolute Gasteiger partial charge is 0.354 e. The standard InChI is InChI=1S/C24H22N4O4/c29-23(30)21-14-19(8-11-25-21)31-18-6-7-20-22(15-18)32-24(27-20)26-16-9-12-28(13-10-16)17-4-2-1-3-5-17/h1-8,11,14-16H,9-10,12-13H2,(H,26,27)(H,29,30). The first-order valence-corrected chi connectivity index (χ1v) is 10.5. The number of hydrogen-bond acceptors (Lipinski definition) is 7. The molecule has 1 fully saturated rings. The van der Waals surface area contributed by atoms with Crippen molar-refractivity contribution < 1.29 is 19.1 Å². The Morgan fingerprint density at radius 3 is 2.62 bits per heavy atom. The van der Waals surface area contributed by atoms with Crippen molar-refractivity contribution >= 4 is 28.8 Å². The maximum absolute atomic E-state index is 11.1. The van der Waals surface area contributed by atoms with Gasteiger partial charge in [0.15, 0.2) is 11.3 Å². The predicted octanol–water partition coefficient (Wildman–Crippen LogP) is 4.79. The molecule has 0 amide bonds. The lowest BCUT2D eigenvalue weighted by Crippen LogP contribution is -2.39. The second-order valence-electron chi connectivity index (χ2n) is 7.67. The Labute approximate surface area is 184 Å². The Morgan fingerprint density at radius 2 is 1.84 bits per heavy atom. The molecule has 1 saturated heterocycles. The number of oxazole rings is 1. The number of fused-ring (bicyclic) bond motifs is 1. The van der Waals surface area contributed by atoms with E-state index in [2.05, 4.69) is 44.5 Å². The molecule has 8 nitrogen and oxygen atoms in total. The highest BCUT2D eigenvalue weighted by Crippen LogP contribution is 2.29. The number of carbonyl (C=O) groups is 1. The fourth-order valence-corrected chi connectivity index (χ4v) is 3.85. The maximum atomic E-state index is 11.1. The van der Waals surface area contributed by atoms with E-state index in [1.165, 1.54) is 18.0 Å². The van der Waals surface area contributed by atoms with Crippen molar-refractivity contribution in [1.82, 2.24) is 9.97 Å². The number of pyridine rings is 1. The third-order valence-corrected chi connectivity index (χ3v) is 5.49. The van der Waals surface area contributed by atoms with Crippen molar-refractivity contribution in [2.75, 3.05) is 23.3 Å². The van der Waals surface area contributed by atoms with Gasteiger partial charge in [0.1, 0.15) is 17.0 Å². The van der Waals surface area contributed by atoms with Crippen LogP contribution in [0.4, 0.5) is 11.7 Å². The van der Waals surface area contributed by atoms with Crippen LogP contribution in [-0.4, -0.2) is 40.2 Å². The Balaban J connectivity index is 1.24. The van der Waals surface area contributed by atoms with Crippen LogP contribution < -0.4 is 15.0 Å². The molecule has 0 bridgehead atoms. The average Bonchev–Trinajstić information content (AvgIpc) is 3.22. The molecule has 8 heteroatoms. The third-order valence-electron chi connectivity index (χ3n) is 5.49. The lowest BCUT2D eigenvalue weighted by molar-refractivity contribution is 0.0690. The van der Waals surface area contributed by atoms with Gasteiger partial charge < -0.3 is 24.5 Å². The zero-order chi connectivity index (χ0) is 21.9. The molecule has 0 saturated carbocycles. The number of nitrogens with one attached hydrogen (secondary N) is 1. The van der Waals surface area contributed by atoms with Gasteiger partial charge in [-0.3, -0.25) is 0 Å². The molecule has 0 aliphatic carbocycles. The van der Waals surface area contributed by atoms with Crippen LogP contribution in [0.3, 0.4) is 0 Å². The molecule has 1 aliphatic rings. The molecular weight excluding hydrogens is 408 g/mol. The number of benzene rings is 2. The SMILES string of the molecule is O=C(O)c1cc(Oc2ccc3nc(NC4CCN(c5ccccc5)CC4)oc3c2)ccn1. The summed E-state index contributed by atoms with van der Waals surface area (Å²) in [6.45, 7) is 1.95. The zero-order valence-corrected chi connectivity index (χ0v) is 17.3. The molecule has 2 aromatic carbocycles. The first-order chi connectivity index (χ1) is 15.6. The summed E-state index contributed by atoms with van der Waals surface area (Å²) >= 11 is 0. The molecule has 0 unspecified atom stereocenters. The Morgan fingerprint density at radius 1 is 1.06 bits per heavy atom. The van der Waals surface area contributed by atoms with Crippen molar-refractivity contribution in [2.24, 2.45) is 0 Å². The van der Waals surface area contributed by atoms with Gasteiger partial charge in [-0.05, 0) is 43.2 Å². The molecule has 0 radical (unpaired) electrons. The number of piperidine rings is 1. The first-order valence-electron chi connectivity index (χ1n) is 10.5. The van der Waals surface area contributed by atoms with E-state index in [1.54, 1.807) is 18.2 Å². The fourth-order valence-electron chi connectivity index (χ4n) is 3.85. The van der Waals surface area contributed by atoms with E-state index >= 15 is 0 Å². The number of para-hydroxylation sites is 1. The predicted molar refractivity (Wildman–Crippen MR) is 121 cm³/mol. The van der Waals surface area contributed by atoms with Crippen molar-refractivity contribution in [2.45, 2.75) is 18.9 Å². The van der Waals surface area contributed by atoms with E-state index < -0.39 is 5.97 Å². The van der Waals surface area contributed by atoms with Crippen LogP contribution >= 0.6 is 0 Å². The van der Waals surface area contributed by atoms with Crippen molar-refractivity contribution in [1.29, 1.82) is 0 Å². The fraction of sp³-hybridized carbons (Fsp3) is 0.208. The minimum atomic E-state index is -1.11. The van der Waals surface area contributed by atoms with E-state index in [0.717, 1.165) is 31.4 Å². The summed E-state index contributed by atoms with van der Waals surface area (Å²) in [7, 11) is 0. The number of ether oxygens (including phenoxy) is 1. The largest absolute Gasteiger partial charge is 0.477 e. The highest BCUT2D eigenvalue weighted by molar-refractivity contribution is 5.85. The molecule has 0 spiro atoms. The van der Waals surface area contributed by atoms with Crippen LogP contribution in [0.15, 0.2) is 71.3 Å². The Kier molecular flexibility index (Phi) is 5.33. The van der Waals surface area contributed by atoms with Gasteiger partial charge in [0, 0.05) is 43.1 Å². The van der Waals surface area contributed by atoms with Crippen LogP contribution in [-0.2, 0) is 0 Å². The van der Waals surface area contributed by atoms with E-state index in [1.807, 2.05) is 12.1 Å². The molecule has 2 N–H and O–H groups in total. The molecule has 2 aromatic heterocycles. The lowest BCUT2D eigenvalue weighted by Gasteiger charge is -2.33. The summed E-state index contributed by atoms with van der Waals surface area (Å²) in [4.78, 5) is 21.8. The molecule has 162 valence electrons. The van der Waals surface area contributed by atoms with Gasteiger partial charge in [0.25, 0.3) is 6.01 Å². The Bertz CT molecular complexity index is 1230. The number of nitrogens with zero attached hydrogens (tertiary/aromatic N) is 3. The summed E-state index contributed by atoms with van der Waals surface area (Å²) in [6.07, 6.45) is 3.39. The average molecular weight is 430 g/mol. The van der Waals surface area contributed by atoms with Gasteiger partial charge in [-0.2, -0.15) is 4.98 Å². The first kappa shape index (κ1) is 19.9. The number of aromatic carboxylic acids is 1. The molecular formula is C24H22N4O4. The summed E-state index contributed by atoms with van der Waals surface area (Å²) in [5, 5.41) is 12.5. The topological polar surface area (TPSA) is 101 Å². The van der Waals surface area contributed by atoms with Crippen molar-refractivity contribution in [3.63, 3.8) is 0 Å². The monoisotopic (exact) mass is 430 g/mol. The normalized spacial score (nSPS) is 14.4. The maximum Gasteiger partial charge on any atom is 0.354 e. The number of hydrogen-bond donors (Lipinski definition) is 2. The van der Waals surface area contributed by atoms with Gasteiger partial charge in [-0.15, -0.1) is 0 Å². The van der Waals surface area contributed by atoms with Crippen LogP contribution in [0.2, 0.25) is 0 Å². The molecule has 5 rings (SSSR count). The van der Waals surface area contributed by atoms with E-state index in [9.17, 15) is 4.79 Å². The minimum absolute atomic E-state index is 0.0759.